The molecule has 120 valence electrons. The molecule has 0 N–H and O–H groups in total. The lowest BCUT2D eigenvalue weighted by molar-refractivity contribution is -0.170. The van der Waals surface area contributed by atoms with Gasteiger partial charge in [0, 0.05) is 0 Å². The third-order valence-electron chi connectivity index (χ3n) is 6.88. The van der Waals surface area contributed by atoms with Gasteiger partial charge in [-0.15, -0.1) is 0 Å². The van der Waals surface area contributed by atoms with Crippen molar-refractivity contribution in [3.8, 4) is 0 Å². The average molecular weight is 292 g/mol. The number of ether oxygens (including phenoxy) is 1. The van der Waals surface area contributed by atoms with E-state index in [-0.39, 0.29) is 17.5 Å². The van der Waals surface area contributed by atoms with Crippen LogP contribution in [0.2, 0.25) is 0 Å². The molecule has 2 heteroatoms. The third kappa shape index (κ3) is 3.00. The molecule has 0 aliphatic heterocycles. The first-order valence-corrected chi connectivity index (χ1v) is 9.09. The van der Waals surface area contributed by atoms with Gasteiger partial charge in [0.1, 0.15) is 5.60 Å². The highest BCUT2D eigenvalue weighted by atomic mass is 16.6. The number of rotatable bonds is 3. The molecule has 0 amide bonds. The molecular weight excluding hydrogens is 260 g/mol. The van der Waals surface area contributed by atoms with E-state index in [1.807, 2.05) is 0 Å². The van der Waals surface area contributed by atoms with Crippen LogP contribution in [0.1, 0.15) is 72.6 Å². The van der Waals surface area contributed by atoms with Crippen LogP contribution in [0.3, 0.4) is 0 Å². The summed E-state index contributed by atoms with van der Waals surface area (Å²) in [4.78, 5) is 12.6. The van der Waals surface area contributed by atoms with Gasteiger partial charge in [-0.1, -0.05) is 26.7 Å². The lowest BCUT2D eigenvalue weighted by Gasteiger charge is -2.39. The van der Waals surface area contributed by atoms with Gasteiger partial charge in [0.2, 0.25) is 0 Å². The van der Waals surface area contributed by atoms with Gasteiger partial charge in [0.05, 0.1) is 5.92 Å². The summed E-state index contributed by atoms with van der Waals surface area (Å²) in [5.74, 6) is 3.93. The molecule has 0 saturated heterocycles. The lowest BCUT2D eigenvalue weighted by Crippen LogP contribution is -2.41. The maximum absolute atomic E-state index is 12.6. The molecule has 0 aromatic heterocycles. The number of fused-ring (bicyclic) bond motifs is 2. The number of carbonyl (C=O) groups is 1. The fourth-order valence-electron chi connectivity index (χ4n) is 5.23. The number of hydrogen-bond donors (Lipinski definition) is 0. The Morgan fingerprint density at radius 2 is 1.62 bits per heavy atom. The normalized spacial score (nSPS) is 43.0. The predicted molar refractivity (Wildman–Crippen MR) is 84.8 cm³/mol. The molecule has 3 saturated carbocycles. The van der Waals surface area contributed by atoms with Crippen molar-refractivity contribution in [3.63, 3.8) is 0 Å². The van der Waals surface area contributed by atoms with E-state index in [1.54, 1.807) is 0 Å². The van der Waals surface area contributed by atoms with Gasteiger partial charge in [-0.25, -0.2) is 0 Å². The van der Waals surface area contributed by atoms with Gasteiger partial charge in [0.25, 0.3) is 0 Å². The van der Waals surface area contributed by atoms with Crippen molar-refractivity contribution < 1.29 is 9.53 Å². The smallest absolute Gasteiger partial charge is 0.309 e. The Balaban J connectivity index is 1.57. The minimum absolute atomic E-state index is 0.109. The molecule has 4 atom stereocenters. The van der Waals surface area contributed by atoms with Crippen LogP contribution in [0.25, 0.3) is 0 Å². The maximum Gasteiger partial charge on any atom is 0.309 e. The van der Waals surface area contributed by atoms with E-state index in [1.165, 1.54) is 38.5 Å². The maximum atomic E-state index is 12.6. The molecule has 3 fully saturated rings. The first-order valence-electron chi connectivity index (χ1n) is 9.09. The molecule has 3 aliphatic rings. The van der Waals surface area contributed by atoms with Crippen LogP contribution < -0.4 is 0 Å². The molecule has 0 aromatic rings. The first-order chi connectivity index (χ1) is 9.87. The Hall–Kier alpha value is -0.530. The van der Waals surface area contributed by atoms with E-state index in [0.717, 1.165) is 24.2 Å². The molecule has 4 unspecified atom stereocenters. The zero-order valence-corrected chi connectivity index (χ0v) is 14.2. The predicted octanol–water partition coefficient (Wildman–Crippen LogP) is 4.82. The van der Waals surface area contributed by atoms with Gasteiger partial charge < -0.3 is 4.74 Å². The number of hydrogen-bond acceptors (Lipinski definition) is 2. The summed E-state index contributed by atoms with van der Waals surface area (Å²) in [6, 6.07) is 0. The Labute approximate surface area is 130 Å². The van der Waals surface area contributed by atoms with E-state index >= 15 is 0 Å². The van der Waals surface area contributed by atoms with Gasteiger partial charge in [-0.05, 0) is 75.5 Å². The highest BCUT2D eigenvalue weighted by Gasteiger charge is 2.48. The summed E-state index contributed by atoms with van der Waals surface area (Å²) in [5.41, 5.74) is -0.273. The molecule has 2 nitrogen and oxygen atoms in total. The van der Waals surface area contributed by atoms with Crippen molar-refractivity contribution in [3.05, 3.63) is 0 Å². The summed E-state index contributed by atoms with van der Waals surface area (Å²) >= 11 is 0. The molecule has 0 spiro atoms. The highest BCUT2D eigenvalue weighted by Crippen LogP contribution is 2.52. The zero-order valence-electron chi connectivity index (χ0n) is 14.2. The molecule has 2 bridgehead atoms. The molecule has 3 rings (SSSR count). The van der Waals surface area contributed by atoms with Crippen molar-refractivity contribution in [1.29, 1.82) is 0 Å². The van der Waals surface area contributed by atoms with E-state index < -0.39 is 0 Å². The van der Waals surface area contributed by atoms with Crippen LogP contribution in [0.4, 0.5) is 0 Å². The van der Waals surface area contributed by atoms with Crippen LogP contribution in [0, 0.1) is 35.5 Å². The minimum Gasteiger partial charge on any atom is -0.459 e. The second kappa shape index (κ2) is 5.59. The summed E-state index contributed by atoms with van der Waals surface area (Å²) in [6.45, 7) is 8.97. The van der Waals surface area contributed by atoms with Gasteiger partial charge in [0.15, 0.2) is 0 Å². The average Bonchev–Trinajstić information content (AvgIpc) is 2.97. The largest absolute Gasteiger partial charge is 0.459 e. The molecule has 21 heavy (non-hydrogen) atoms. The zero-order chi connectivity index (χ0) is 15.2. The van der Waals surface area contributed by atoms with Crippen molar-refractivity contribution in [2.45, 2.75) is 78.2 Å². The van der Waals surface area contributed by atoms with E-state index in [9.17, 15) is 4.79 Å². The van der Waals surface area contributed by atoms with E-state index in [2.05, 4.69) is 27.7 Å². The first kappa shape index (κ1) is 15.4. The third-order valence-corrected chi connectivity index (χ3v) is 6.88. The highest BCUT2D eigenvalue weighted by molar-refractivity contribution is 5.74. The van der Waals surface area contributed by atoms with Crippen molar-refractivity contribution in [1.82, 2.24) is 0 Å². The second-order valence-electron chi connectivity index (χ2n) is 8.79. The van der Waals surface area contributed by atoms with Crippen molar-refractivity contribution >= 4 is 5.97 Å². The molecule has 0 radical (unpaired) electrons. The summed E-state index contributed by atoms with van der Waals surface area (Å²) < 4.78 is 6.05. The molecule has 0 aromatic carbocycles. The molecular formula is C19H32O2. The molecule has 0 heterocycles. The Morgan fingerprint density at radius 1 is 0.952 bits per heavy atom. The fraction of sp³-hybridized carbons (Fsp3) is 0.947. The topological polar surface area (TPSA) is 26.3 Å². The lowest BCUT2D eigenvalue weighted by atomic mass is 9.75. The van der Waals surface area contributed by atoms with Crippen molar-refractivity contribution in [2.75, 3.05) is 0 Å². The van der Waals surface area contributed by atoms with Crippen LogP contribution in [0.15, 0.2) is 0 Å². The van der Waals surface area contributed by atoms with E-state index in [4.69, 9.17) is 4.74 Å². The van der Waals surface area contributed by atoms with Gasteiger partial charge in [-0.3, -0.25) is 4.79 Å². The quantitative estimate of drug-likeness (QED) is 0.697. The van der Waals surface area contributed by atoms with E-state index in [0.29, 0.717) is 11.8 Å². The van der Waals surface area contributed by atoms with Crippen LogP contribution in [-0.4, -0.2) is 11.6 Å². The van der Waals surface area contributed by atoms with Crippen LogP contribution >= 0.6 is 0 Å². The number of esters is 1. The monoisotopic (exact) mass is 292 g/mol. The Kier molecular flexibility index (Phi) is 4.09. The Morgan fingerprint density at radius 3 is 2.14 bits per heavy atom. The minimum atomic E-state index is -0.273. The van der Waals surface area contributed by atoms with Gasteiger partial charge >= 0.3 is 5.97 Å². The SMILES string of the molecule is CC1CCC(C(C)(C)OC(=O)C2CC3CC2CC3C)CC1. The second-order valence-corrected chi connectivity index (χ2v) is 8.79. The summed E-state index contributed by atoms with van der Waals surface area (Å²) in [7, 11) is 0. The molecule has 3 aliphatic carbocycles. The fourth-order valence-corrected chi connectivity index (χ4v) is 5.23. The van der Waals surface area contributed by atoms with Crippen LogP contribution in [0.5, 0.6) is 0 Å². The number of carbonyl (C=O) groups excluding carboxylic acids is 1. The van der Waals surface area contributed by atoms with Crippen molar-refractivity contribution in [2.24, 2.45) is 35.5 Å². The van der Waals surface area contributed by atoms with Crippen LogP contribution in [-0.2, 0) is 9.53 Å². The summed E-state index contributed by atoms with van der Waals surface area (Å²) in [6.07, 6.45) is 8.61. The summed E-state index contributed by atoms with van der Waals surface area (Å²) in [5, 5.41) is 0. The standard InChI is InChI=1S/C19H32O2/c1-12-5-7-16(8-6-12)19(3,4)21-18(20)17-11-14-10-15(17)9-13(14)2/h12-17H,5-11H2,1-4H3. The Bertz CT molecular complexity index is 390. The van der Waals surface area contributed by atoms with Gasteiger partial charge in [-0.2, -0.15) is 0 Å².